The molecule has 5 aromatic carbocycles. The van der Waals surface area contributed by atoms with E-state index >= 15 is 0 Å². The van der Waals surface area contributed by atoms with Gasteiger partial charge in [0, 0.05) is 11.1 Å². The third-order valence-corrected chi connectivity index (χ3v) is 14.8. The minimum Gasteiger partial charge on any atom is -0.358 e. The molecule has 1 heteroatoms. The van der Waals surface area contributed by atoms with Crippen LogP contribution in [-0.2, 0) is 11.8 Å². The summed E-state index contributed by atoms with van der Waals surface area (Å²) in [6.07, 6.45) is 42.8. The van der Waals surface area contributed by atoms with Crippen molar-refractivity contribution in [3.05, 3.63) is 257 Å². The van der Waals surface area contributed by atoms with E-state index in [0.29, 0.717) is 23.8 Å². The van der Waals surface area contributed by atoms with E-state index in [-0.39, 0.29) is 11.5 Å². The smallest absolute Gasteiger partial charge is 0.0542 e. The van der Waals surface area contributed by atoms with Crippen molar-refractivity contribution in [2.45, 2.75) is 103 Å². The summed E-state index contributed by atoms with van der Waals surface area (Å²) in [6.45, 7) is 17.3. The molecular formula is C68H73N. The van der Waals surface area contributed by atoms with Crippen LogP contribution in [0.2, 0.25) is 0 Å². The van der Waals surface area contributed by atoms with E-state index in [2.05, 4.69) is 246 Å². The molecule has 5 unspecified atom stereocenters. The minimum atomic E-state index is -0.0275. The molecule has 0 fully saturated rings. The number of aryl methyl sites for hydroxylation is 1. The Bertz CT molecular complexity index is 2810. The van der Waals surface area contributed by atoms with Gasteiger partial charge in [-0.3, -0.25) is 0 Å². The lowest BCUT2D eigenvalue weighted by Crippen LogP contribution is -2.45. The first-order valence-corrected chi connectivity index (χ1v) is 25.8. The highest BCUT2D eigenvalue weighted by Crippen LogP contribution is 2.53. The van der Waals surface area contributed by atoms with E-state index in [4.69, 9.17) is 0 Å². The van der Waals surface area contributed by atoms with Crippen LogP contribution in [0, 0.1) is 11.8 Å². The average Bonchev–Trinajstić information content (AvgIpc) is 3.53. The maximum absolute atomic E-state index is 3.79. The Balaban J connectivity index is 0.00000317. The Kier molecular flexibility index (Phi) is 16.3. The molecule has 0 aromatic heterocycles. The monoisotopic (exact) mass is 904 g/mol. The van der Waals surface area contributed by atoms with Gasteiger partial charge in [0.05, 0.1) is 12.1 Å². The van der Waals surface area contributed by atoms with Crippen molar-refractivity contribution in [3.8, 4) is 11.1 Å². The van der Waals surface area contributed by atoms with E-state index in [9.17, 15) is 0 Å². The molecule has 4 aliphatic carbocycles. The van der Waals surface area contributed by atoms with Crippen LogP contribution in [-0.4, -0.2) is 12.1 Å². The zero-order valence-corrected chi connectivity index (χ0v) is 42.1. The molecule has 1 nitrogen and oxygen atoms in total. The maximum atomic E-state index is 3.79. The minimum absolute atomic E-state index is 0.0275. The van der Waals surface area contributed by atoms with Gasteiger partial charge < -0.3 is 4.90 Å². The average molecular weight is 904 g/mol. The summed E-state index contributed by atoms with van der Waals surface area (Å²) in [4.78, 5) is 2.62. The topological polar surface area (TPSA) is 3.24 Å². The predicted molar refractivity (Wildman–Crippen MR) is 302 cm³/mol. The highest BCUT2D eigenvalue weighted by atomic mass is 15.2. The van der Waals surface area contributed by atoms with Crippen molar-refractivity contribution in [2.24, 2.45) is 11.8 Å². The zero-order valence-electron chi connectivity index (χ0n) is 42.1. The van der Waals surface area contributed by atoms with Gasteiger partial charge in [-0.25, -0.2) is 0 Å². The van der Waals surface area contributed by atoms with Gasteiger partial charge in [-0.1, -0.05) is 260 Å². The van der Waals surface area contributed by atoms with Crippen molar-refractivity contribution < 1.29 is 0 Å². The van der Waals surface area contributed by atoms with E-state index in [1.165, 1.54) is 66.9 Å². The van der Waals surface area contributed by atoms with E-state index in [1.807, 2.05) is 26.0 Å². The van der Waals surface area contributed by atoms with Crippen molar-refractivity contribution >= 4 is 29.0 Å². The Morgan fingerprint density at radius 3 is 2.20 bits per heavy atom. The maximum Gasteiger partial charge on any atom is 0.0542 e. The fraction of sp³-hybridized carbons (Fsp3) is 0.265. The van der Waals surface area contributed by atoms with Crippen LogP contribution in [0.3, 0.4) is 0 Å². The van der Waals surface area contributed by atoms with E-state index in [0.717, 1.165) is 38.5 Å². The second-order valence-corrected chi connectivity index (χ2v) is 19.4. The van der Waals surface area contributed by atoms with Crippen LogP contribution in [0.15, 0.2) is 219 Å². The molecule has 5 aromatic rings. The highest BCUT2D eigenvalue weighted by Gasteiger charge is 2.40. The summed E-state index contributed by atoms with van der Waals surface area (Å²) in [6, 6.07) is 46.0. The van der Waals surface area contributed by atoms with Gasteiger partial charge in [0.2, 0.25) is 0 Å². The lowest BCUT2D eigenvalue weighted by molar-refractivity contribution is 0.448. The standard InChI is InChI=1S/C66H67N.C2H6/c1-6-8-9-10-11-22-29-59(52-23-16-14-17-24-52)56-38-42-62-61-40-34-50(45-63(61)66(4,5)64(62)47-56)31-30-49-32-35-53(36-33-49)60-41-37-55(46-51(60)7-2)54-39-43-65(48(3)44-54)67(58-27-20-15-21-28-58)57-25-18-12-13-19-26-57;1-2/h6,8-12,14-21,23-24,26-28,30-46,48,56-57,59,65H,1,7,13,22,25,29,47H2,2-5H3;1-2H3/b9-8-,11-10-,31-30+;. The van der Waals surface area contributed by atoms with Crippen LogP contribution in [0.5, 0.6) is 0 Å². The number of nitrogens with zero attached hydrogens (tertiary/aromatic N) is 1. The molecule has 0 bridgehead atoms. The number of hydrogen-bond donors (Lipinski definition) is 0. The number of fused-ring (bicyclic) bond motifs is 2. The molecule has 0 N–H and O–H groups in total. The zero-order chi connectivity index (χ0) is 48.2. The Labute approximate surface area is 415 Å². The fourth-order valence-electron chi connectivity index (χ4n) is 11.1. The third-order valence-electron chi connectivity index (χ3n) is 14.8. The lowest BCUT2D eigenvalue weighted by atomic mass is 9.71. The largest absolute Gasteiger partial charge is 0.358 e. The van der Waals surface area contributed by atoms with E-state index in [1.54, 1.807) is 5.57 Å². The summed E-state index contributed by atoms with van der Waals surface area (Å²) in [5, 5.41) is 0. The van der Waals surface area contributed by atoms with Crippen LogP contribution in [0.1, 0.15) is 119 Å². The van der Waals surface area contributed by atoms with Gasteiger partial charge >= 0.3 is 0 Å². The van der Waals surface area contributed by atoms with Gasteiger partial charge in [-0.2, -0.15) is 0 Å². The molecule has 0 amide bonds. The Morgan fingerprint density at radius 1 is 0.725 bits per heavy atom. The molecular weight excluding hydrogens is 831 g/mol. The molecule has 9 rings (SSSR count). The molecule has 0 radical (unpaired) electrons. The normalized spacial score (nSPS) is 20.6. The number of anilines is 1. The Hall–Kier alpha value is -6.70. The summed E-state index contributed by atoms with van der Waals surface area (Å²) in [5.41, 5.74) is 17.6. The summed E-state index contributed by atoms with van der Waals surface area (Å²) in [5.74, 6) is 1.29. The number of rotatable bonds is 15. The quantitative estimate of drug-likeness (QED) is 0.0575. The molecule has 0 aliphatic heterocycles. The number of para-hydroxylation sites is 1. The predicted octanol–water partition coefficient (Wildman–Crippen LogP) is 18.3. The molecule has 350 valence electrons. The molecule has 5 atom stereocenters. The number of hydrogen-bond acceptors (Lipinski definition) is 1. The summed E-state index contributed by atoms with van der Waals surface area (Å²) in [7, 11) is 0. The van der Waals surface area contributed by atoms with Crippen LogP contribution < -0.4 is 4.90 Å². The molecule has 0 heterocycles. The second-order valence-electron chi connectivity index (χ2n) is 19.4. The van der Waals surface area contributed by atoms with Crippen molar-refractivity contribution in [1.82, 2.24) is 0 Å². The van der Waals surface area contributed by atoms with Crippen molar-refractivity contribution in [1.29, 1.82) is 0 Å². The molecule has 69 heavy (non-hydrogen) atoms. The summed E-state index contributed by atoms with van der Waals surface area (Å²) >= 11 is 0. The molecule has 0 spiro atoms. The second kappa shape index (κ2) is 23.1. The number of allylic oxidation sites excluding steroid dienone is 13. The van der Waals surface area contributed by atoms with E-state index < -0.39 is 0 Å². The highest BCUT2D eigenvalue weighted by molar-refractivity contribution is 5.88. The first-order valence-electron chi connectivity index (χ1n) is 25.8. The van der Waals surface area contributed by atoms with Gasteiger partial charge in [0.25, 0.3) is 0 Å². The summed E-state index contributed by atoms with van der Waals surface area (Å²) < 4.78 is 0. The first-order chi connectivity index (χ1) is 33.8. The molecule has 0 saturated heterocycles. The Morgan fingerprint density at radius 2 is 1.45 bits per heavy atom. The third kappa shape index (κ3) is 11.1. The number of benzene rings is 5. The van der Waals surface area contributed by atoms with Crippen molar-refractivity contribution in [2.75, 3.05) is 4.90 Å². The van der Waals surface area contributed by atoms with Gasteiger partial charge in [-0.15, -0.1) is 0 Å². The van der Waals surface area contributed by atoms with Crippen LogP contribution in [0.4, 0.5) is 5.69 Å². The van der Waals surface area contributed by atoms with Crippen LogP contribution in [0.25, 0.3) is 34.4 Å². The first kappa shape index (κ1) is 48.7. The van der Waals surface area contributed by atoms with Gasteiger partial charge in [0.15, 0.2) is 0 Å². The fourth-order valence-corrected chi connectivity index (χ4v) is 11.1. The van der Waals surface area contributed by atoms with Crippen molar-refractivity contribution in [3.63, 3.8) is 0 Å². The van der Waals surface area contributed by atoms with Gasteiger partial charge in [-0.05, 0) is 130 Å². The molecule has 4 aliphatic rings. The lowest BCUT2D eigenvalue weighted by Gasteiger charge is -2.41. The van der Waals surface area contributed by atoms with Gasteiger partial charge in [0.1, 0.15) is 0 Å². The van der Waals surface area contributed by atoms with Crippen LogP contribution >= 0.6 is 0 Å². The SMILES string of the molecule is C=C/C=C\C=C/CCC(c1ccccc1)C1C=CC2=C(C1)C(C)(C)c1cc(/C=C/c3ccc(-c4ccc(C5=CC(C)C(N(c6ccccc6)C6C=CCC=CC6)C=C5)cc4CC)cc3)ccc12.CC. The molecule has 0 saturated carbocycles.